The van der Waals surface area contributed by atoms with Gasteiger partial charge >= 0.3 is 0 Å². The van der Waals surface area contributed by atoms with E-state index in [0.29, 0.717) is 5.56 Å². The molecule has 0 unspecified atom stereocenters. The van der Waals surface area contributed by atoms with Crippen molar-refractivity contribution in [2.75, 3.05) is 11.9 Å². The van der Waals surface area contributed by atoms with E-state index in [0.717, 1.165) is 16.1 Å². The number of anilines is 1. The van der Waals surface area contributed by atoms with Gasteiger partial charge in [-0.25, -0.2) is 4.98 Å². The molecule has 5 nitrogen and oxygen atoms in total. The Morgan fingerprint density at radius 1 is 1.58 bits per heavy atom. The van der Waals surface area contributed by atoms with Gasteiger partial charge in [0.15, 0.2) is 5.84 Å². The van der Waals surface area contributed by atoms with Gasteiger partial charge in [0.1, 0.15) is 5.82 Å². The summed E-state index contributed by atoms with van der Waals surface area (Å²) in [7, 11) is 1.97. The molecule has 3 N–H and O–H groups in total. The van der Waals surface area contributed by atoms with Crippen molar-refractivity contribution < 1.29 is 5.21 Å². The third kappa shape index (κ3) is 3.45. The molecule has 2 aromatic rings. The molecule has 0 amide bonds. The summed E-state index contributed by atoms with van der Waals surface area (Å²) in [5.74, 6) is 0.889. The lowest BCUT2D eigenvalue weighted by Crippen LogP contribution is -2.18. The van der Waals surface area contributed by atoms with Gasteiger partial charge in [-0.2, -0.15) is 0 Å². The fraction of sp³-hybridized carbons (Fsp3) is 0.167. The number of rotatable bonds is 4. The lowest BCUT2D eigenvalue weighted by molar-refractivity contribution is 0.318. The molecule has 0 atom stereocenters. The minimum absolute atomic E-state index is 0.0588. The summed E-state index contributed by atoms with van der Waals surface area (Å²) in [6, 6.07) is 5.71. The molecule has 2 aromatic heterocycles. The van der Waals surface area contributed by atoms with E-state index in [1.54, 1.807) is 23.6 Å². The molecule has 100 valence electrons. The van der Waals surface area contributed by atoms with E-state index in [4.69, 9.17) is 10.9 Å². The third-order valence-electron chi connectivity index (χ3n) is 2.58. The highest BCUT2D eigenvalue weighted by molar-refractivity contribution is 9.11. The molecule has 0 aliphatic rings. The van der Waals surface area contributed by atoms with Gasteiger partial charge in [-0.15, -0.1) is 11.3 Å². The summed E-state index contributed by atoms with van der Waals surface area (Å²) in [6.07, 6.45) is 1.59. The Labute approximate surface area is 123 Å². The number of aromatic nitrogens is 1. The molecule has 0 spiro atoms. The summed E-state index contributed by atoms with van der Waals surface area (Å²) >= 11 is 5.11. The zero-order valence-electron chi connectivity index (χ0n) is 10.2. The van der Waals surface area contributed by atoms with Crippen molar-refractivity contribution in [3.8, 4) is 0 Å². The maximum Gasteiger partial charge on any atom is 0.171 e. The summed E-state index contributed by atoms with van der Waals surface area (Å²) in [5, 5.41) is 13.6. The average Bonchev–Trinajstić information content (AvgIpc) is 2.83. The molecule has 0 saturated heterocycles. The Balaban J connectivity index is 2.09. The molecule has 0 radical (unpaired) electrons. The summed E-state index contributed by atoms with van der Waals surface area (Å²) in [5.41, 5.74) is 7.31. The first-order chi connectivity index (χ1) is 9.10. The number of halogens is 1. The van der Waals surface area contributed by atoms with Crippen LogP contribution >= 0.6 is 27.3 Å². The molecule has 0 aromatic carbocycles. The van der Waals surface area contributed by atoms with Crippen molar-refractivity contribution in [3.63, 3.8) is 0 Å². The number of thiophene rings is 1. The number of hydrogen-bond donors (Lipinski definition) is 2. The van der Waals surface area contributed by atoms with E-state index >= 15 is 0 Å². The number of oxime groups is 1. The van der Waals surface area contributed by atoms with Crippen LogP contribution in [0.2, 0.25) is 0 Å². The minimum atomic E-state index is 0.0588. The average molecular weight is 341 g/mol. The molecule has 0 saturated carbocycles. The van der Waals surface area contributed by atoms with E-state index in [1.807, 2.05) is 18.0 Å². The zero-order valence-corrected chi connectivity index (χ0v) is 12.6. The first-order valence-electron chi connectivity index (χ1n) is 5.48. The van der Waals surface area contributed by atoms with Crippen LogP contribution in [0, 0.1) is 0 Å². The molecular weight excluding hydrogens is 328 g/mol. The van der Waals surface area contributed by atoms with Gasteiger partial charge in [0, 0.05) is 25.4 Å². The van der Waals surface area contributed by atoms with Gasteiger partial charge in [-0.3, -0.25) is 0 Å². The molecule has 2 rings (SSSR count). The normalized spacial score (nSPS) is 11.6. The Morgan fingerprint density at radius 2 is 2.37 bits per heavy atom. The van der Waals surface area contributed by atoms with Gasteiger partial charge < -0.3 is 15.8 Å². The van der Waals surface area contributed by atoms with Gasteiger partial charge in [0.2, 0.25) is 0 Å². The molecule has 0 fully saturated rings. The van der Waals surface area contributed by atoms with Crippen LogP contribution in [0.3, 0.4) is 0 Å². The first-order valence-corrected chi connectivity index (χ1v) is 7.15. The van der Waals surface area contributed by atoms with E-state index in [-0.39, 0.29) is 5.84 Å². The van der Waals surface area contributed by atoms with Crippen molar-refractivity contribution in [1.82, 2.24) is 4.98 Å². The highest BCUT2D eigenvalue weighted by atomic mass is 79.9. The van der Waals surface area contributed by atoms with Crippen molar-refractivity contribution in [1.29, 1.82) is 0 Å². The van der Waals surface area contributed by atoms with E-state index < -0.39 is 0 Å². The number of nitrogens with two attached hydrogens (primary N) is 1. The van der Waals surface area contributed by atoms with Crippen molar-refractivity contribution in [2.45, 2.75) is 6.54 Å². The molecule has 19 heavy (non-hydrogen) atoms. The lowest BCUT2D eigenvalue weighted by Gasteiger charge is -2.17. The Morgan fingerprint density at radius 3 is 2.89 bits per heavy atom. The summed E-state index contributed by atoms with van der Waals surface area (Å²) in [6.45, 7) is 0.776. The third-order valence-corrected chi connectivity index (χ3v) is 4.14. The summed E-state index contributed by atoms with van der Waals surface area (Å²) < 4.78 is 1.12. The monoisotopic (exact) mass is 340 g/mol. The summed E-state index contributed by atoms with van der Waals surface area (Å²) in [4.78, 5) is 6.33. The second-order valence-corrected chi connectivity index (χ2v) is 6.30. The molecule has 7 heteroatoms. The molecular formula is C12H13BrN4OS. The van der Waals surface area contributed by atoms with E-state index in [2.05, 4.69) is 37.5 Å². The van der Waals surface area contributed by atoms with Crippen LogP contribution < -0.4 is 10.6 Å². The SMILES string of the molecule is CN(Cc1csc(Br)c1)c1ccc(/C(N)=N/O)cn1. The maximum atomic E-state index is 8.59. The van der Waals surface area contributed by atoms with Gasteiger partial charge in [-0.05, 0) is 45.1 Å². The van der Waals surface area contributed by atoms with Crippen LogP contribution in [0.4, 0.5) is 5.82 Å². The lowest BCUT2D eigenvalue weighted by atomic mass is 10.2. The first kappa shape index (κ1) is 13.8. The molecule has 0 aliphatic heterocycles. The van der Waals surface area contributed by atoms with Crippen molar-refractivity contribution in [3.05, 3.63) is 44.7 Å². The topological polar surface area (TPSA) is 74.7 Å². The van der Waals surface area contributed by atoms with Gasteiger partial charge in [0.25, 0.3) is 0 Å². The predicted molar refractivity (Wildman–Crippen MR) is 80.9 cm³/mol. The maximum absolute atomic E-state index is 8.59. The highest BCUT2D eigenvalue weighted by Crippen LogP contribution is 2.22. The Bertz CT molecular complexity index is 582. The largest absolute Gasteiger partial charge is 0.409 e. The number of hydrogen-bond acceptors (Lipinski definition) is 5. The Hall–Kier alpha value is -1.60. The fourth-order valence-electron chi connectivity index (χ4n) is 1.60. The number of nitrogens with zero attached hydrogens (tertiary/aromatic N) is 3. The number of amidine groups is 1. The fourth-order valence-corrected chi connectivity index (χ4v) is 2.81. The zero-order chi connectivity index (χ0) is 13.8. The smallest absolute Gasteiger partial charge is 0.171 e. The minimum Gasteiger partial charge on any atom is -0.409 e. The second-order valence-electron chi connectivity index (χ2n) is 4.01. The highest BCUT2D eigenvalue weighted by Gasteiger charge is 2.06. The van der Waals surface area contributed by atoms with Crippen LogP contribution in [-0.4, -0.2) is 23.1 Å². The van der Waals surface area contributed by atoms with E-state index in [1.165, 1.54) is 5.56 Å². The van der Waals surface area contributed by atoms with Crippen LogP contribution in [0.1, 0.15) is 11.1 Å². The molecule has 0 aliphatic carbocycles. The van der Waals surface area contributed by atoms with Crippen molar-refractivity contribution >= 4 is 38.9 Å². The van der Waals surface area contributed by atoms with Crippen molar-refractivity contribution in [2.24, 2.45) is 10.9 Å². The number of pyridine rings is 1. The Kier molecular flexibility index (Phi) is 4.39. The second kappa shape index (κ2) is 6.03. The van der Waals surface area contributed by atoms with Crippen LogP contribution in [-0.2, 0) is 6.54 Å². The van der Waals surface area contributed by atoms with Gasteiger partial charge in [0.05, 0.1) is 3.79 Å². The quantitative estimate of drug-likeness (QED) is 0.388. The predicted octanol–water partition coefficient (Wildman–Crippen LogP) is 2.64. The molecule has 0 bridgehead atoms. The van der Waals surface area contributed by atoms with Crippen LogP contribution in [0.15, 0.2) is 38.7 Å². The molecule has 2 heterocycles. The van der Waals surface area contributed by atoms with E-state index in [9.17, 15) is 0 Å². The van der Waals surface area contributed by atoms with Crippen LogP contribution in [0.5, 0.6) is 0 Å². The van der Waals surface area contributed by atoms with Crippen LogP contribution in [0.25, 0.3) is 0 Å². The standard InChI is InChI=1S/C12H13BrN4OS/c1-17(6-8-4-10(13)19-7-8)11-3-2-9(5-15-11)12(14)16-18/h2-5,7,18H,6H2,1H3,(H2,14,16). The van der Waals surface area contributed by atoms with Gasteiger partial charge in [-0.1, -0.05) is 5.16 Å².